The van der Waals surface area contributed by atoms with Gasteiger partial charge in [-0.15, -0.1) is 0 Å². The molecule has 36 heavy (non-hydrogen) atoms. The number of hydrogen-bond acceptors (Lipinski definition) is 5. The van der Waals surface area contributed by atoms with Crippen LogP contribution in [0.5, 0.6) is 11.5 Å². The second-order valence-electron chi connectivity index (χ2n) is 8.17. The molecule has 8 nitrogen and oxygen atoms in total. The van der Waals surface area contributed by atoms with Crippen molar-refractivity contribution in [2.75, 3.05) is 29.8 Å². The van der Waals surface area contributed by atoms with Gasteiger partial charge in [0.2, 0.25) is 11.8 Å². The summed E-state index contributed by atoms with van der Waals surface area (Å²) in [5.41, 5.74) is 2.54. The molecule has 0 fully saturated rings. The third-order valence-corrected chi connectivity index (χ3v) is 6.01. The van der Waals surface area contributed by atoms with Crippen LogP contribution in [0.15, 0.2) is 78.9 Å². The van der Waals surface area contributed by atoms with Gasteiger partial charge in [0, 0.05) is 16.8 Å². The van der Waals surface area contributed by atoms with Gasteiger partial charge < -0.3 is 20.1 Å². The first-order valence-electron chi connectivity index (χ1n) is 11.3. The van der Waals surface area contributed by atoms with E-state index >= 15 is 0 Å². The van der Waals surface area contributed by atoms with Crippen LogP contribution >= 0.6 is 0 Å². The van der Waals surface area contributed by atoms with Crippen molar-refractivity contribution in [2.45, 2.75) is 6.42 Å². The van der Waals surface area contributed by atoms with Crippen molar-refractivity contribution in [2.24, 2.45) is 0 Å². The summed E-state index contributed by atoms with van der Waals surface area (Å²) in [5, 5.41) is 7.53. The molecule has 4 aromatic rings. The first-order valence-corrected chi connectivity index (χ1v) is 11.3. The number of fused-ring (bicyclic) bond motifs is 3. The van der Waals surface area contributed by atoms with Crippen LogP contribution in [0.2, 0.25) is 0 Å². The lowest BCUT2D eigenvalue weighted by atomic mass is 10.1. The number of rotatable bonds is 5. The summed E-state index contributed by atoms with van der Waals surface area (Å²) in [6, 6.07) is 23.4. The Morgan fingerprint density at radius 2 is 1.56 bits per heavy atom. The minimum atomic E-state index is -0.394. The molecule has 0 bridgehead atoms. The van der Waals surface area contributed by atoms with E-state index < -0.39 is 5.91 Å². The highest BCUT2D eigenvalue weighted by atomic mass is 16.5. The standard InChI is InChI=1S/C28H23N3O5/c1-35-22-8-5-9-23(36-2)26(22)28(34)29-18-11-13-19(14-12-18)31-21-15-10-17-6-3-4-7-20(17)27(21)30-24(32)16-25(31)33/h3-15H,16H2,1-2H3,(H,29,34)(H,30,32). The summed E-state index contributed by atoms with van der Waals surface area (Å²) in [7, 11) is 2.97. The molecule has 3 amide bonds. The highest BCUT2D eigenvalue weighted by Gasteiger charge is 2.28. The monoisotopic (exact) mass is 481 g/mol. The Labute approximate surface area is 207 Å². The number of carbonyl (C=O) groups excluding carboxylic acids is 3. The summed E-state index contributed by atoms with van der Waals surface area (Å²) in [5.74, 6) is -0.333. The first-order chi connectivity index (χ1) is 17.5. The molecule has 0 spiro atoms. The average molecular weight is 482 g/mol. The first kappa shape index (κ1) is 22.9. The molecular weight excluding hydrogens is 458 g/mol. The van der Waals surface area contributed by atoms with E-state index in [9.17, 15) is 14.4 Å². The van der Waals surface area contributed by atoms with Gasteiger partial charge in [-0.2, -0.15) is 0 Å². The third kappa shape index (κ3) is 4.09. The number of nitrogens with zero attached hydrogens (tertiary/aromatic N) is 1. The second kappa shape index (κ2) is 9.42. The minimum Gasteiger partial charge on any atom is -0.496 e. The summed E-state index contributed by atoms with van der Waals surface area (Å²) in [4.78, 5) is 40.1. The summed E-state index contributed by atoms with van der Waals surface area (Å²) in [6.45, 7) is 0. The maximum atomic E-state index is 13.1. The highest BCUT2D eigenvalue weighted by Crippen LogP contribution is 2.40. The van der Waals surface area contributed by atoms with Gasteiger partial charge in [-0.1, -0.05) is 36.4 Å². The lowest BCUT2D eigenvalue weighted by Gasteiger charge is -2.23. The normalized spacial score (nSPS) is 13.0. The van der Waals surface area contributed by atoms with Gasteiger partial charge in [-0.3, -0.25) is 19.3 Å². The fourth-order valence-corrected chi connectivity index (χ4v) is 4.36. The molecule has 0 radical (unpaired) electrons. The van der Waals surface area contributed by atoms with Crippen molar-refractivity contribution < 1.29 is 23.9 Å². The van der Waals surface area contributed by atoms with E-state index in [1.807, 2.05) is 36.4 Å². The van der Waals surface area contributed by atoms with Crippen molar-refractivity contribution in [3.63, 3.8) is 0 Å². The number of benzene rings is 4. The van der Waals surface area contributed by atoms with E-state index in [1.165, 1.54) is 19.1 Å². The largest absolute Gasteiger partial charge is 0.496 e. The molecule has 2 N–H and O–H groups in total. The number of methoxy groups -OCH3 is 2. The summed E-state index contributed by atoms with van der Waals surface area (Å²) >= 11 is 0. The lowest BCUT2D eigenvalue weighted by molar-refractivity contribution is -0.124. The van der Waals surface area contributed by atoms with E-state index in [0.717, 1.165) is 10.8 Å². The van der Waals surface area contributed by atoms with Crippen molar-refractivity contribution in [3.05, 3.63) is 84.4 Å². The number of ether oxygens (including phenoxy) is 2. The maximum Gasteiger partial charge on any atom is 0.263 e. The number of nitrogens with one attached hydrogen (secondary N) is 2. The van der Waals surface area contributed by atoms with E-state index in [2.05, 4.69) is 10.6 Å². The van der Waals surface area contributed by atoms with Crippen molar-refractivity contribution in [1.82, 2.24) is 0 Å². The Hall–Kier alpha value is -4.85. The number of anilines is 4. The Morgan fingerprint density at radius 1 is 0.861 bits per heavy atom. The smallest absolute Gasteiger partial charge is 0.263 e. The molecular formula is C28H23N3O5. The topological polar surface area (TPSA) is 97.0 Å². The Bertz CT molecular complexity index is 1480. The second-order valence-corrected chi connectivity index (χ2v) is 8.17. The molecule has 0 aromatic heterocycles. The van der Waals surface area contributed by atoms with E-state index in [-0.39, 0.29) is 23.8 Å². The highest BCUT2D eigenvalue weighted by molar-refractivity contribution is 6.21. The molecule has 8 heteroatoms. The minimum absolute atomic E-state index is 0.277. The Morgan fingerprint density at radius 3 is 2.25 bits per heavy atom. The van der Waals surface area contributed by atoms with Crippen LogP contribution in [0.25, 0.3) is 10.8 Å². The number of amides is 3. The average Bonchev–Trinajstić information content (AvgIpc) is 3.03. The van der Waals surface area contributed by atoms with Crippen molar-refractivity contribution in [3.8, 4) is 11.5 Å². The van der Waals surface area contributed by atoms with Gasteiger partial charge in [0.15, 0.2) is 0 Å². The van der Waals surface area contributed by atoms with Gasteiger partial charge in [-0.05, 0) is 47.9 Å². The van der Waals surface area contributed by atoms with E-state index in [4.69, 9.17) is 9.47 Å². The molecule has 0 saturated carbocycles. The van der Waals surface area contributed by atoms with Crippen LogP contribution in [0.4, 0.5) is 22.7 Å². The third-order valence-electron chi connectivity index (χ3n) is 6.01. The maximum absolute atomic E-state index is 13.1. The van der Waals surface area contributed by atoms with Gasteiger partial charge in [0.25, 0.3) is 5.91 Å². The molecule has 1 heterocycles. The van der Waals surface area contributed by atoms with E-state index in [1.54, 1.807) is 42.5 Å². The Kier molecular flexibility index (Phi) is 6.00. The Balaban J connectivity index is 1.48. The fourth-order valence-electron chi connectivity index (χ4n) is 4.36. The van der Waals surface area contributed by atoms with Crippen LogP contribution < -0.4 is 25.0 Å². The van der Waals surface area contributed by atoms with Crippen LogP contribution in [-0.4, -0.2) is 31.9 Å². The zero-order chi connectivity index (χ0) is 25.2. The van der Waals surface area contributed by atoms with Crippen molar-refractivity contribution in [1.29, 1.82) is 0 Å². The van der Waals surface area contributed by atoms with Crippen molar-refractivity contribution >= 4 is 51.2 Å². The zero-order valence-corrected chi connectivity index (χ0v) is 19.7. The zero-order valence-electron chi connectivity index (χ0n) is 19.7. The molecule has 5 rings (SSSR count). The summed E-state index contributed by atoms with van der Waals surface area (Å²) in [6.07, 6.45) is -0.283. The lowest BCUT2D eigenvalue weighted by Crippen LogP contribution is -2.26. The molecule has 0 unspecified atom stereocenters. The van der Waals surface area contributed by atoms with E-state index in [0.29, 0.717) is 34.2 Å². The van der Waals surface area contributed by atoms with Crippen LogP contribution in [0.1, 0.15) is 16.8 Å². The molecule has 180 valence electrons. The molecule has 0 aliphatic carbocycles. The van der Waals surface area contributed by atoms with Gasteiger partial charge in [-0.25, -0.2) is 0 Å². The summed E-state index contributed by atoms with van der Waals surface area (Å²) < 4.78 is 10.6. The molecule has 4 aromatic carbocycles. The molecule has 0 saturated heterocycles. The predicted molar refractivity (Wildman–Crippen MR) is 138 cm³/mol. The van der Waals surface area contributed by atoms with Crippen LogP contribution in [-0.2, 0) is 9.59 Å². The van der Waals surface area contributed by atoms with Gasteiger partial charge in [0.1, 0.15) is 23.5 Å². The molecule has 0 atom stereocenters. The van der Waals surface area contributed by atoms with Crippen LogP contribution in [0, 0.1) is 0 Å². The van der Waals surface area contributed by atoms with Gasteiger partial charge in [0.05, 0.1) is 25.6 Å². The van der Waals surface area contributed by atoms with Gasteiger partial charge >= 0.3 is 0 Å². The van der Waals surface area contributed by atoms with Crippen LogP contribution in [0.3, 0.4) is 0 Å². The number of carbonyl (C=O) groups is 3. The quantitative estimate of drug-likeness (QED) is 0.386. The molecule has 1 aliphatic heterocycles. The SMILES string of the molecule is COc1cccc(OC)c1C(=O)Nc1ccc(N2C(=O)CC(=O)Nc3c2ccc2ccccc32)cc1. The fraction of sp³-hybridized carbons (Fsp3) is 0.107. The number of hydrogen-bond donors (Lipinski definition) is 2. The predicted octanol–water partition coefficient (Wildman–Crippen LogP) is 5.12. The molecule has 1 aliphatic rings.